The SMILES string of the molecule is NCc1ccn(C(=O)C2CCCCC2)c1. The summed E-state index contributed by atoms with van der Waals surface area (Å²) in [6.45, 7) is 0.505. The van der Waals surface area contributed by atoms with Crippen molar-refractivity contribution in [3.05, 3.63) is 24.0 Å². The fraction of sp³-hybridized carbons (Fsp3) is 0.583. The van der Waals surface area contributed by atoms with Gasteiger partial charge in [-0.25, -0.2) is 0 Å². The predicted octanol–water partition coefficient (Wildman–Crippen LogP) is 2.17. The Kier molecular flexibility index (Phi) is 3.21. The van der Waals surface area contributed by atoms with Crippen LogP contribution in [0.1, 0.15) is 42.5 Å². The molecule has 15 heavy (non-hydrogen) atoms. The molecular weight excluding hydrogens is 188 g/mol. The minimum absolute atomic E-state index is 0.233. The molecule has 0 spiro atoms. The van der Waals surface area contributed by atoms with Crippen LogP contribution in [0.5, 0.6) is 0 Å². The molecule has 0 aromatic carbocycles. The van der Waals surface area contributed by atoms with E-state index in [0.29, 0.717) is 6.54 Å². The Hall–Kier alpha value is -1.09. The summed E-state index contributed by atoms with van der Waals surface area (Å²) in [5, 5.41) is 0. The van der Waals surface area contributed by atoms with Gasteiger partial charge >= 0.3 is 0 Å². The molecule has 2 N–H and O–H groups in total. The Bertz CT molecular complexity index is 337. The Morgan fingerprint density at radius 1 is 1.40 bits per heavy atom. The van der Waals surface area contributed by atoms with E-state index < -0.39 is 0 Å². The third-order valence-electron chi connectivity index (χ3n) is 3.20. The summed E-state index contributed by atoms with van der Waals surface area (Å²) in [7, 11) is 0. The van der Waals surface area contributed by atoms with Gasteiger partial charge in [-0.15, -0.1) is 0 Å². The lowest BCUT2D eigenvalue weighted by atomic mass is 9.88. The standard InChI is InChI=1S/C12H18N2O/c13-8-10-6-7-14(9-10)12(15)11-4-2-1-3-5-11/h6-7,9,11H,1-5,8,13H2. The van der Waals surface area contributed by atoms with Crippen molar-refractivity contribution in [3.63, 3.8) is 0 Å². The minimum atomic E-state index is 0.233. The van der Waals surface area contributed by atoms with Gasteiger partial charge in [-0.05, 0) is 24.5 Å². The Balaban J connectivity index is 2.05. The lowest BCUT2D eigenvalue weighted by molar-refractivity contribution is 0.0802. The van der Waals surface area contributed by atoms with Crippen LogP contribution < -0.4 is 5.73 Å². The zero-order valence-corrected chi connectivity index (χ0v) is 8.98. The second-order valence-electron chi connectivity index (χ2n) is 4.30. The number of carbonyl (C=O) groups is 1. The van der Waals surface area contributed by atoms with Gasteiger partial charge in [0.15, 0.2) is 0 Å². The molecule has 0 saturated heterocycles. The van der Waals surface area contributed by atoms with Gasteiger partial charge in [-0.1, -0.05) is 19.3 Å². The van der Waals surface area contributed by atoms with E-state index in [9.17, 15) is 4.79 Å². The lowest BCUT2D eigenvalue weighted by Crippen LogP contribution is -2.22. The molecule has 1 aliphatic carbocycles. The van der Waals surface area contributed by atoms with Crippen molar-refractivity contribution in [2.45, 2.75) is 38.6 Å². The maximum atomic E-state index is 12.1. The van der Waals surface area contributed by atoms with Gasteiger partial charge in [0, 0.05) is 24.9 Å². The summed E-state index contributed by atoms with van der Waals surface area (Å²) >= 11 is 0. The van der Waals surface area contributed by atoms with Gasteiger partial charge in [-0.2, -0.15) is 0 Å². The summed E-state index contributed by atoms with van der Waals surface area (Å²) in [6.07, 6.45) is 9.46. The largest absolute Gasteiger partial charge is 0.326 e. The van der Waals surface area contributed by atoms with Crippen LogP contribution in [-0.2, 0) is 6.54 Å². The van der Waals surface area contributed by atoms with Crippen LogP contribution in [0.25, 0.3) is 0 Å². The van der Waals surface area contributed by atoms with E-state index in [1.165, 1.54) is 19.3 Å². The first-order valence-electron chi connectivity index (χ1n) is 5.72. The maximum Gasteiger partial charge on any atom is 0.233 e. The fourth-order valence-electron chi connectivity index (χ4n) is 2.26. The van der Waals surface area contributed by atoms with Crippen LogP contribution in [0, 0.1) is 5.92 Å². The third-order valence-corrected chi connectivity index (χ3v) is 3.20. The highest BCUT2D eigenvalue weighted by Gasteiger charge is 2.21. The maximum absolute atomic E-state index is 12.1. The monoisotopic (exact) mass is 206 g/mol. The van der Waals surface area contributed by atoms with Crippen LogP contribution in [0.4, 0.5) is 0 Å². The van der Waals surface area contributed by atoms with Crippen molar-refractivity contribution in [3.8, 4) is 0 Å². The van der Waals surface area contributed by atoms with Crippen LogP contribution >= 0.6 is 0 Å². The summed E-state index contributed by atoms with van der Waals surface area (Å²) < 4.78 is 1.71. The van der Waals surface area contributed by atoms with Crippen molar-refractivity contribution < 1.29 is 4.79 Å². The van der Waals surface area contributed by atoms with Crippen molar-refractivity contribution >= 4 is 5.91 Å². The van der Waals surface area contributed by atoms with E-state index >= 15 is 0 Å². The molecule has 1 aliphatic rings. The van der Waals surface area contributed by atoms with E-state index in [1.54, 1.807) is 4.57 Å². The van der Waals surface area contributed by atoms with Crippen LogP contribution in [0.3, 0.4) is 0 Å². The molecular formula is C12H18N2O. The molecule has 0 amide bonds. The van der Waals surface area contributed by atoms with Gasteiger partial charge in [0.25, 0.3) is 0 Å². The molecule has 3 heteroatoms. The average molecular weight is 206 g/mol. The topological polar surface area (TPSA) is 48.0 Å². The van der Waals surface area contributed by atoms with Crippen LogP contribution in [0.15, 0.2) is 18.5 Å². The first-order chi connectivity index (χ1) is 7.31. The second-order valence-corrected chi connectivity index (χ2v) is 4.30. The van der Waals surface area contributed by atoms with E-state index in [-0.39, 0.29) is 11.8 Å². The van der Waals surface area contributed by atoms with Gasteiger partial charge in [0.05, 0.1) is 0 Å². The summed E-state index contributed by atoms with van der Waals surface area (Å²) in [4.78, 5) is 12.1. The third kappa shape index (κ3) is 2.29. The second kappa shape index (κ2) is 4.62. The van der Waals surface area contributed by atoms with Crippen molar-refractivity contribution in [1.29, 1.82) is 0 Å². The minimum Gasteiger partial charge on any atom is -0.326 e. The summed E-state index contributed by atoms with van der Waals surface area (Å²) in [5.41, 5.74) is 6.54. The van der Waals surface area contributed by atoms with Gasteiger partial charge in [0.1, 0.15) is 0 Å². The number of aromatic nitrogens is 1. The molecule has 0 radical (unpaired) electrons. The molecule has 1 saturated carbocycles. The van der Waals surface area contributed by atoms with Crippen molar-refractivity contribution in [2.75, 3.05) is 0 Å². The highest BCUT2D eigenvalue weighted by atomic mass is 16.2. The fourth-order valence-corrected chi connectivity index (χ4v) is 2.26. The average Bonchev–Trinajstić information content (AvgIpc) is 2.78. The first kappa shape index (κ1) is 10.4. The molecule has 0 unspecified atom stereocenters. The molecule has 1 heterocycles. The normalized spacial score (nSPS) is 17.9. The first-order valence-corrected chi connectivity index (χ1v) is 5.72. The zero-order valence-electron chi connectivity index (χ0n) is 8.98. The number of nitrogens with two attached hydrogens (primary N) is 1. The zero-order chi connectivity index (χ0) is 10.7. The molecule has 2 rings (SSSR count). The molecule has 0 aliphatic heterocycles. The van der Waals surface area contributed by atoms with Gasteiger partial charge in [-0.3, -0.25) is 9.36 Å². The summed E-state index contributed by atoms with van der Waals surface area (Å²) in [6, 6.07) is 1.92. The Morgan fingerprint density at radius 3 is 2.73 bits per heavy atom. The highest BCUT2D eigenvalue weighted by Crippen LogP contribution is 2.25. The number of nitrogens with zero attached hydrogens (tertiary/aromatic N) is 1. The molecule has 3 nitrogen and oxygen atoms in total. The van der Waals surface area contributed by atoms with E-state index in [1.807, 2.05) is 18.5 Å². The van der Waals surface area contributed by atoms with E-state index in [0.717, 1.165) is 18.4 Å². The molecule has 0 bridgehead atoms. The van der Waals surface area contributed by atoms with Crippen molar-refractivity contribution in [2.24, 2.45) is 11.7 Å². The van der Waals surface area contributed by atoms with Crippen LogP contribution in [0.2, 0.25) is 0 Å². The van der Waals surface area contributed by atoms with Gasteiger partial charge in [0.2, 0.25) is 5.91 Å². The molecule has 1 fully saturated rings. The Labute approximate surface area is 90.3 Å². The Morgan fingerprint density at radius 2 is 2.13 bits per heavy atom. The number of hydrogen-bond donors (Lipinski definition) is 1. The van der Waals surface area contributed by atoms with E-state index in [4.69, 9.17) is 5.73 Å². The molecule has 1 aromatic rings. The molecule has 1 aromatic heterocycles. The molecule has 0 atom stereocenters. The predicted molar refractivity (Wildman–Crippen MR) is 59.5 cm³/mol. The van der Waals surface area contributed by atoms with Crippen LogP contribution in [-0.4, -0.2) is 10.5 Å². The lowest BCUT2D eigenvalue weighted by Gasteiger charge is -2.20. The summed E-state index contributed by atoms with van der Waals surface area (Å²) in [5.74, 6) is 0.478. The van der Waals surface area contributed by atoms with Crippen molar-refractivity contribution in [1.82, 2.24) is 4.57 Å². The number of rotatable bonds is 2. The molecule has 82 valence electrons. The smallest absolute Gasteiger partial charge is 0.233 e. The quantitative estimate of drug-likeness (QED) is 0.806. The highest BCUT2D eigenvalue weighted by molar-refractivity contribution is 5.81. The van der Waals surface area contributed by atoms with E-state index in [2.05, 4.69) is 0 Å². The number of hydrogen-bond acceptors (Lipinski definition) is 2. The van der Waals surface area contributed by atoms with Gasteiger partial charge < -0.3 is 5.73 Å². The number of carbonyl (C=O) groups excluding carboxylic acids is 1.